The maximum atomic E-state index is 13.0. The maximum Gasteiger partial charge on any atom is 0.229 e. The van der Waals surface area contributed by atoms with Gasteiger partial charge in [-0.25, -0.2) is 19.9 Å². The quantitative estimate of drug-likeness (QED) is 0.0272. The standard InChI is InChI=1S/2C26H25BrN4O2.2C25H23BrN4O2/c1-31-14-4-13-28-26(31)19-9-7-18(8-10-19)23(32)15-20-5-2-3-6-21(20)16-25(33)30-24-12-11-22(27)17-29-24;1-2-31-14-13-28-26(31)19-9-7-18(8-10-19)23(32)15-20-5-3-4-6-21(20)16-25(33)30-24-12-11-22(27)17-29-24;1-30-13-12-27-25(30)18-8-6-17(7-9-18)22(31)14-19-4-2-3-5-20(19)15-24(32)29-23-11-10-21(26)16-28-23;26-21-10-11-23(29-16-21)30-24(32)15-20-5-2-1-4-19(20)14-22(31)17-6-8-18(9-7-17)25-27-12-3-13-28-25/h2-3,5-12,17H,4,13-16H2,1H3,(H,29,30,33);3-12,17H,2,13-16H2,1H3,(H,29,30,33);2-11,16H,12-15H2,1H3,(H,28,29,32);1-2,4-11,16H,3,12-15H2,(H,27,28)(H,29,30,32). The summed E-state index contributed by atoms with van der Waals surface area (Å²) < 4.78 is 3.37. The molecule has 8 aromatic carbocycles. The van der Waals surface area contributed by atoms with Gasteiger partial charge in [-0.05, 0) is 177 Å². The third-order valence-electron chi connectivity index (χ3n) is 21.7. The molecule has 4 aromatic heterocycles. The first-order valence-corrected chi connectivity index (χ1v) is 45.8. The van der Waals surface area contributed by atoms with Crippen molar-refractivity contribution < 1.29 is 38.4 Å². The number of ketones is 4. The molecule has 5 N–H and O–H groups in total. The van der Waals surface area contributed by atoms with Gasteiger partial charge in [-0.3, -0.25) is 58.3 Å². The highest BCUT2D eigenvalue weighted by atomic mass is 79.9. The van der Waals surface area contributed by atoms with E-state index in [0.29, 0.717) is 45.5 Å². The van der Waals surface area contributed by atoms with Crippen LogP contribution in [-0.2, 0) is 70.5 Å². The van der Waals surface area contributed by atoms with Crippen LogP contribution in [0.25, 0.3) is 0 Å². The molecule has 12 aromatic rings. The number of benzene rings is 8. The lowest BCUT2D eigenvalue weighted by Crippen LogP contribution is -2.32. The fraction of sp³-hybridized carbons (Fsp3) is 0.216. The van der Waals surface area contributed by atoms with Crippen LogP contribution in [0.3, 0.4) is 0 Å². The largest absolute Gasteiger partial charge is 0.370 e. The van der Waals surface area contributed by atoms with Crippen molar-refractivity contribution in [1.29, 1.82) is 0 Å². The normalized spacial score (nSPS) is 13.1. The van der Waals surface area contributed by atoms with Crippen molar-refractivity contribution in [2.75, 3.05) is 94.3 Å². The number of likely N-dealkylation sites (N-methyl/N-ethyl adjacent to an activating group) is 2. The Morgan fingerprint density at radius 2 is 0.585 bits per heavy atom. The third-order valence-corrected chi connectivity index (χ3v) is 23.6. The molecule has 0 fully saturated rings. The molecule has 8 heterocycles. The van der Waals surface area contributed by atoms with Crippen LogP contribution in [0, 0.1) is 0 Å². The first-order valence-electron chi connectivity index (χ1n) is 42.7. The van der Waals surface area contributed by atoms with E-state index >= 15 is 0 Å². The summed E-state index contributed by atoms with van der Waals surface area (Å²) in [6, 6.07) is 74.8. The fourth-order valence-electron chi connectivity index (χ4n) is 14.8. The third kappa shape index (κ3) is 27.6. The number of rotatable bonds is 29. The topological polar surface area (TPSA) is 307 Å². The second-order valence-corrected chi connectivity index (χ2v) is 34.7. The van der Waals surface area contributed by atoms with Gasteiger partial charge in [0.1, 0.15) is 46.6 Å². The molecular formula is C102H96Br4N16O8. The Kier molecular flexibility index (Phi) is 34.2. The van der Waals surface area contributed by atoms with Gasteiger partial charge in [0.25, 0.3) is 0 Å². The van der Waals surface area contributed by atoms with Crippen molar-refractivity contribution in [3.63, 3.8) is 0 Å². The van der Waals surface area contributed by atoms with E-state index in [4.69, 9.17) is 0 Å². The number of aromatic nitrogens is 4. The zero-order chi connectivity index (χ0) is 91.3. The lowest BCUT2D eigenvalue weighted by Gasteiger charge is -2.25. The van der Waals surface area contributed by atoms with E-state index in [0.717, 1.165) is 180 Å². The highest BCUT2D eigenvalue weighted by Crippen LogP contribution is 2.25. The molecule has 130 heavy (non-hydrogen) atoms. The van der Waals surface area contributed by atoms with Crippen LogP contribution in [0.5, 0.6) is 0 Å². The van der Waals surface area contributed by atoms with Gasteiger partial charge < -0.3 is 41.3 Å². The smallest absolute Gasteiger partial charge is 0.229 e. The fourth-order valence-corrected chi connectivity index (χ4v) is 15.8. The summed E-state index contributed by atoms with van der Waals surface area (Å²) in [7, 11) is 4.06. The average molecular weight is 1990 g/mol. The van der Waals surface area contributed by atoms with Crippen LogP contribution in [-0.4, -0.2) is 178 Å². The predicted molar refractivity (Wildman–Crippen MR) is 526 cm³/mol. The SMILES string of the molecule is CCN1CCN=C1c1ccc(C(=O)Cc2ccccc2CC(=O)Nc2ccc(Br)cn2)cc1.CN1CCCN=C1c1ccc(C(=O)Cc2ccccc2CC(=O)Nc2ccc(Br)cn2)cc1.CN1CCN=C1c1ccc(C(=O)Cc2ccccc2CC(=O)Nc2ccc(Br)cn2)cc1.O=C(Cc1ccccc1CC(=O)c1ccc(C2=NCCCN2)cc1)Nc1ccc(Br)cn1. The number of carbonyl (C=O) groups is 8. The molecule has 0 radical (unpaired) electrons. The van der Waals surface area contributed by atoms with E-state index in [2.05, 4.69) is 152 Å². The zero-order valence-electron chi connectivity index (χ0n) is 72.0. The number of Topliss-reactive ketones (excluding diaryl/α,β-unsaturated/α-hetero) is 4. The molecule has 0 atom stereocenters. The zero-order valence-corrected chi connectivity index (χ0v) is 78.4. The first-order chi connectivity index (χ1) is 63.1. The number of pyridine rings is 4. The van der Waals surface area contributed by atoms with Crippen molar-refractivity contribution >= 4 is 157 Å². The molecule has 0 saturated heterocycles. The number of nitrogens with one attached hydrogen (secondary N) is 5. The van der Waals surface area contributed by atoms with Gasteiger partial charge in [0.15, 0.2) is 23.1 Å². The van der Waals surface area contributed by atoms with Gasteiger partial charge >= 0.3 is 0 Å². The van der Waals surface area contributed by atoms with Gasteiger partial charge in [-0.15, -0.1) is 0 Å². The van der Waals surface area contributed by atoms with Gasteiger partial charge in [0, 0.05) is 173 Å². The molecule has 0 bridgehead atoms. The Bertz CT molecular complexity index is 6140. The van der Waals surface area contributed by atoms with E-state index in [1.54, 1.807) is 49.1 Å². The molecule has 0 aliphatic carbocycles. The van der Waals surface area contributed by atoms with Crippen molar-refractivity contribution in [1.82, 2.24) is 40.0 Å². The number of carbonyl (C=O) groups excluding carboxylic acids is 8. The number of amidine groups is 4. The monoisotopic (exact) mass is 1990 g/mol. The summed E-state index contributed by atoms with van der Waals surface area (Å²) in [4.78, 5) is 143. The van der Waals surface area contributed by atoms with Crippen LogP contribution in [0.1, 0.15) is 128 Å². The van der Waals surface area contributed by atoms with E-state index in [9.17, 15) is 38.4 Å². The molecule has 660 valence electrons. The Balaban J connectivity index is 0.000000148. The van der Waals surface area contributed by atoms with E-state index in [1.807, 2.05) is 232 Å². The van der Waals surface area contributed by atoms with Gasteiger partial charge in [0.05, 0.1) is 38.8 Å². The number of halogens is 4. The first kappa shape index (κ1) is 94.3. The van der Waals surface area contributed by atoms with E-state index < -0.39 is 0 Å². The van der Waals surface area contributed by atoms with Crippen LogP contribution in [0.15, 0.2) is 305 Å². The Morgan fingerprint density at radius 1 is 0.308 bits per heavy atom. The molecule has 16 rings (SSSR count). The van der Waals surface area contributed by atoms with Crippen molar-refractivity contribution in [2.24, 2.45) is 20.0 Å². The number of hydrogen-bond acceptors (Lipinski definition) is 20. The molecule has 4 amide bonds. The summed E-state index contributed by atoms with van der Waals surface area (Å²) in [5.74, 6) is 5.13. The summed E-state index contributed by atoms with van der Waals surface area (Å²) in [6.45, 7) is 10.1. The minimum Gasteiger partial charge on any atom is -0.370 e. The highest BCUT2D eigenvalue weighted by Gasteiger charge is 2.24. The van der Waals surface area contributed by atoms with Crippen molar-refractivity contribution in [2.45, 2.75) is 71.1 Å². The molecule has 24 nitrogen and oxygen atoms in total. The number of nitrogens with zero attached hydrogens (tertiary/aromatic N) is 11. The number of aliphatic imine (C=N–C) groups is 4. The lowest BCUT2D eigenvalue weighted by molar-refractivity contribution is -0.116. The molecule has 0 unspecified atom stereocenters. The summed E-state index contributed by atoms with van der Waals surface area (Å²) in [6.07, 6.45) is 10.3. The molecular weight excluding hydrogens is 1900 g/mol. The molecule has 0 spiro atoms. The molecule has 4 aliphatic heterocycles. The second-order valence-electron chi connectivity index (χ2n) is 31.0. The Labute approximate surface area is 789 Å². The lowest BCUT2D eigenvalue weighted by atomic mass is 9.96. The molecule has 0 saturated carbocycles. The van der Waals surface area contributed by atoms with Gasteiger partial charge in [-0.2, -0.15) is 0 Å². The van der Waals surface area contributed by atoms with Crippen molar-refractivity contribution in [3.05, 3.63) is 374 Å². The van der Waals surface area contributed by atoms with Crippen molar-refractivity contribution in [3.8, 4) is 0 Å². The summed E-state index contributed by atoms with van der Waals surface area (Å²) in [5.41, 5.74) is 13.3. The molecule has 4 aliphatic rings. The minimum absolute atomic E-state index is 0.0116. The number of amides is 4. The average Bonchev–Trinajstić information content (AvgIpc) is 1.52. The van der Waals surface area contributed by atoms with Crippen LogP contribution in [0.4, 0.5) is 23.3 Å². The summed E-state index contributed by atoms with van der Waals surface area (Å²) >= 11 is 13.3. The Morgan fingerprint density at radius 3 is 0.862 bits per heavy atom. The van der Waals surface area contributed by atoms with Crippen LogP contribution in [0.2, 0.25) is 0 Å². The summed E-state index contributed by atoms with van der Waals surface area (Å²) in [5, 5.41) is 14.5. The molecule has 28 heteroatoms. The minimum atomic E-state index is -0.176. The van der Waals surface area contributed by atoms with Crippen LogP contribution < -0.4 is 26.6 Å². The predicted octanol–water partition coefficient (Wildman–Crippen LogP) is 17.4. The van der Waals surface area contributed by atoms with Gasteiger partial charge in [0.2, 0.25) is 23.6 Å². The van der Waals surface area contributed by atoms with E-state index in [-0.39, 0.29) is 98.1 Å². The van der Waals surface area contributed by atoms with E-state index in [1.165, 1.54) is 0 Å². The Hall–Kier alpha value is -13.3. The maximum absolute atomic E-state index is 13.0. The number of hydrogen-bond donors (Lipinski definition) is 5. The second kappa shape index (κ2) is 47.2. The van der Waals surface area contributed by atoms with Crippen LogP contribution >= 0.6 is 63.7 Å². The highest BCUT2D eigenvalue weighted by molar-refractivity contribution is 9.11. The number of anilines is 4. The van der Waals surface area contributed by atoms with Gasteiger partial charge in [-0.1, -0.05) is 194 Å².